The van der Waals surface area contributed by atoms with E-state index in [0.29, 0.717) is 42.0 Å². The summed E-state index contributed by atoms with van der Waals surface area (Å²) in [7, 11) is 1.21. The molecule has 10 nitrogen and oxygen atoms in total. The Hall–Kier alpha value is -4.00. The summed E-state index contributed by atoms with van der Waals surface area (Å²) in [5, 5.41) is 14.4. The summed E-state index contributed by atoms with van der Waals surface area (Å²) in [6, 6.07) is 7.86. The third kappa shape index (κ3) is 5.37. The molecule has 0 bridgehead atoms. The number of nitriles is 1. The van der Waals surface area contributed by atoms with Gasteiger partial charge in [-0.2, -0.15) is 5.26 Å². The van der Waals surface area contributed by atoms with Gasteiger partial charge in [-0.05, 0) is 37.5 Å². The summed E-state index contributed by atoms with van der Waals surface area (Å²) in [5.41, 5.74) is 0.909. The Morgan fingerprint density at radius 1 is 1.34 bits per heavy atom. The van der Waals surface area contributed by atoms with E-state index in [4.69, 9.17) is 5.26 Å². The van der Waals surface area contributed by atoms with Gasteiger partial charge in [0.25, 0.3) is 5.56 Å². The van der Waals surface area contributed by atoms with Crippen molar-refractivity contribution >= 4 is 23.5 Å². The fourth-order valence-corrected chi connectivity index (χ4v) is 3.54. The van der Waals surface area contributed by atoms with Gasteiger partial charge in [0.15, 0.2) is 5.78 Å². The van der Waals surface area contributed by atoms with Crippen molar-refractivity contribution < 1.29 is 19.1 Å². The van der Waals surface area contributed by atoms with Gasteiger partial charge in [0.2, 0.25) is 5.91 Å². The number of aryl methyl sites for hydroxylation is 1. The van der Waals surface area contributed by atoms with Crippen LogP contribution in [0.25, 0.3) is 11.3 Å². The Balaban J connectivity index is 1.80. The van der Waals surface area contributed by atoms with Crippen LogP contribution < -0.4 is 16.2 Å². The number of anilines is 1. The maximum absolute atomic E-state index is 12.7. The fraction of sp³-hybridized carbons (Fsp3) is 0.364. The third-order valence-electron chi connectivity index (χ3n) is 5.27. The molecule has 1 aliphatic heterocycles. The van der Waals surface area contributed by atoms with Crippen LogP contribution in [0.15, 0.2) is 29.1 Å². The molecule has 0 aliphatic carbocycles. The second kappa shape index (κ2) is 9.87. The number of amides is 2. The molecule has 1 atom stereocenters. The molecule has 2 heterocycles. The molecule has 1 aromatic heterocycles. The summed E-state index contributed by atoms with van der Waals surface area (Å²) in [4.78, 5) is 52.5. The molecule has 2 amide bonds. The molecule has 0 saturated carbocycles. The van der Waals surface area contributed by atoms with Gasteiger partial charge >= 0.3 is 6.09 Å². The second-order valence-corrected chi connectivity index (χ2v) is 7.55. The Kier molecular flexibility index (Phi) is 7.00. The van der Waals surface area contributed by atoms with Crippen LogP contribution in [-0.4, -0.2) is 41.0 Å². The van der Waals surface area contributed by atoms with Crippen molar-refractivity contribution in [3.63, 3.8) is 0 Å². The summed E-state index contributed by atoms with van der Waals surface area (Å²) < 4.78 is 5.91. The monoisotopic (exact) mass is 437 g/mol. The molecule has 10 heteroatoms. The number of hydrogen-bond acceptors (Lipinski definition) is 7. The maximum atomic E-state index is 12.7. The number of nitrogens with zero attached hydrogens (tertiary/aromatic N) is 3. The lowest BCUT2D eigenvalue weighted by Crippen LogP contribution is -2.27. The lowest BCUT2D eigenvalue weighted by Gasteiger charge is -2.14. The second-order valence-electron chi connectivity index (χ2n) is 7.55. The lowest BCUT2D eigenvalue weighted by molar-refractivity contribution is -0.121. The number of nitrogens with one attached hydrogen (secondary N) is 2. The highest BCUT2D eigenvalue weighted by atomic mass is 16.5. The Labute approximate surface area is 184 Å². The molecule has 1 fully saturated rings. The number of methoxy groups -OCH3 is 1. The standard InChI is InChI=1S/C22H23N5O5/c1-13-25-19(17-6-4-14(10-23)7-18(17)26-22(31)32-2)9-21(30)27(13)12-16(28)5-3-15-8-20(29)24-11-15/h4,6-7,9,15H,3,5,8,11-12H2,1-2H3,(H,24,29)(H,26,31). The zero-order chi connectivity index (χ0) is 23.3. The van der Waals surface area contributed by atoms with E-state index in [1.165, 1.54) is 23.8 Å². The first-order valence-corrected chi connectivity index (χ1v) is 10.1. The minimum absolute atomic E-state index is 0.00170. The van der Waals surface area contributed by atoms with Crippen molar-refractivity contribution in [2.75, 3.05) is 19.0 Å². The number of carbonyl (C=O) groups is 3. The first kappa shape index (κ1) is 22.7. The van der Waals surface area contributed by atoms with Crippen LogP contribution in [-0.2, 0) is 20.9 Å². The van der Waals surface area contributed by atoms with Gasteiger partial charge in [-0.3, -0.25) is 24.3 Å². The number of aromatic nitrogens is 2. The number of carbonyl (C=O) groups excluding carboxylic acids is 3. The molecular formula is C22H23N5O5. The summed E-state index contributed by atoms with van der Waals surface area (Å²) in [6.07, 6.45) is 0.562. The van der Waals surface area contributed by atoms with Crippen LogP contribution in [0.4, 0.5) is 10.5 Å². The van der Waals surface area contributed by atoms with E-state index < -0.39 is 11.7 Å². The molecular weight excluding hydrogens is 414 g/mol. The molecule has 166 valence electrons. The largest absolute Gasteiger partial charge is 0.453 e. The molecule has 0 radical (unpaired) electrons. The van der Waals surface area contributed by atoms with Crippen molar-refractivity contribution in [1.82, 2.24) is 14.9 Å². The smallest absolute Gasteiger partial charge is 0.411 e. The van der Waals surface area contributed by atoms with E-state index in [2.05, 4.69) is 20.4 Å². The van der Waals surface area contributed by atoms with E-state index >= 15 is 0 Å². The predicted molar refractivity (Wildman–Crippen MR) is 115 cm³/mol. The van der Waals surface area contributed by atoms with Gasteiger partial charge in [-0.25, -0.2) is 9.78 Å². The summed E-state index contributed by atoms with van der Waals surface area (Å²) >= 11 is 0. The number of rotatable bonds is 7. The molecule has 0 spiro atoms. The van der Waals surface area contributed by atoms with E-state index in [9.17, 15) is 19.2 Å². The normalized spacial score (nSPS) is 15.0. The average molecular weight is 437 g/mol. The average Bonchev–Trinajstić information content (AvgIpc) is 3.19. The highest BCUT2D eigenvalue weighted by Gasteiger charge is 2.22. The Morgan fingerprint density at radius 2 is 2.12 bits per heavy atom. The minimum Gasteiger partial charge on any atom is -0.453 e. The molecule has 1 aromatic carbocycles. The van der Waals surface area contributed by atoms with Crippen LogP contribution >= 0.6 is 0 Å². The first-order chi connectivity index (χ1) is 15.3. The van der Waals surface area contributed by atoms with Crippen LogP contribution in [0.2, 0.25) is 0 Å². The van der Waals surface area contributed by atoms with Gasteiger partial charge in [0.1, 0.15) is 5.82 Å². The van der Waals surface area contributed by atoms with E-state index in [0.717, 1.165) is 0 Å². The maximum Gasteiger partial charge on any atom is 0.411 e. The van der Waals surface area contributed by atoms with Crippen LogP contribution in [0.1, 0.15) is 30.7 Å². The first-order valence-electron chi connectivity index (χ1n) is 10.1. The molecule has 1 aliphatic rings. The molecule has 3 rings (SSSR count). The number of benzene rings is 1. The third-order valence-corrected chi connectivity index (χ3v) is 5.27. The molecule has 2 N–H and O–H groups in total. The zero-order valence-corrected chi connectivity index (χ0v) is 17.8. The zero-order valence-electron chi connectivity index (χ0n) is 17.8. The molecule has 1 unspecified atom stereocenters. The molecule has 1 saturated heterocycles. The number of ether oxygens (including phenoxy) is 1. The van der Waals surface area contributed by atoms with Crippen LogP contribution in [0.5, 0.6) is 0 Å². The molecule has 2 aromatic rings. The van der Waals surface area contributed by atoms with Crippen molar-refractivity contribution in [2.45, 2.75) is 32.7 Å². The highest BCUT2D eigenvalue weighted by molar-refractivity contribution is 5.91. The van der Waals surface area contributed by atoms with Crippen molar-refractivity contribution in [2.24, 2.45) is 5.92 Å². The van der Waals surface area contributed by atoms with E-state index in [-0.39, 0.29) is 36.3 Å². The van der Waals surface area contributed by atoms with E-state index in [1.54, 1.807) is 19.1 Å². The summed E-state index contributed by atoms with van der Waals surface area (Å²) in [5.74, 6) is 0.363. The highest BCUT2D eigenvalue weighted by Crippen LogP contribution is 2.27. The summed E-state index contributed by atoms with van der Waals surface area (Å²) in [6.45, 7) is 2.09. The van der Waals surface area contributed by atoms with Crippen molar-refractivity contribution in [3.05, 3.63) is 46.0 Å². The Morgan fingerprint density at radius 3 is 2.75 bits per heavy atom. The number of ketones is 1. The molecule has 32 heavy (non-hydrogen) atoms. The minimum atomic E-state index is -0.726. The van der Waals surface area contributed by atoms with Crippen molar-refractivity contribution in [1.29, 1.82) is 5.26 Å². The van der Waals surface area contributed by atoms with Gasteiger partial charge in [0, 0.05) is 31.0 Å². The number of hydrogen-bond donors (Lipinski definition) is 2. The van der Waals surface area contributed by atoms with Gasteiger partial charge in [-0.15, -0.1) is 0 Å². The van der Waals surface area contributed by atoms with Crippen LogP contribution in [0.3, 0.4) is 0 Å². The van der Waals surface area contributed by atoms with Crippen molar-refractivity contribution in [3.8, 4) is 17.3 Å². The SMILES string of the molecule is COC(=O)Nc1cc(C#N)ccc1-c1cc(=O)n(CC(=O)CCC2CNC(=O)C2)c(C)n1. The quantitative estimate of drug-likeness (QED) is 0.672. The Bertz CT molecular complexity index is 1160. The van der Waals surface area contributed by atoms with E-state index in [1.807, 2.05) is 6.07 Å². The van der Waals surface area contributed by atoms with Gasteiger partial charge < -0.3 is 10.1 Å². The number of Topliss-reactive ketones (excluding diaryl/α,β-unsaturated/α-hetero) is 1. The fourth-order valence-electron chi connectivity index (χ4n) is 3.54. The van der Waals surface area contributed by atoms with Gasteiger partial charge in [-0.1, -0.05) is 0 Å². The topological polar surface area (TPSA) is 143 Å². The predicted octanol–water partition coefficient (Wildman–Crippen LogP) is 1.75. The van der Waals surface area contributed by atoms with Gasteiger partial charge in [0.05, 0.1) is 36.7 Å². The van der Waals surface area contributed by atoms with Crippen LogP contribution in [0, 0.1) is 24.2 Å². The lowest BCUT2D eigenvalue weighted by atomic mass is 10.0.